The van der Waals surface area contributed by atoms with Crippen molar-refractivity contribution in [2.45, 2.75) is 50.0 Å². The summed E-state index contributed by atoms with van der Waals surface area (Å²) in [6.45, 7) is 1.87. The van der Waals surface area contributed by atoms with Crippen LogP contribution in [0.15, 0.2) is 47.4 Å². The standard InChI is InChI=1S/C23H28N2O3S/c1-16-12-13-19(20(26)14-16)24-23(28)18-10-6-7-11-21(18)29-15-22(27)25(2)17-8-4-3-5-9-17/h6-7,10-14,17,26H,3-5,8-9,15H2,1-2H3,(H,24,28). The molecule has 2 aromatic carbocycles. The molecule has 29 heavy (non-hydrogen) atoms. The summed E-state index contributed by atoms with van der Waals surface area (Å²) in [5.74, 6) is 0.119. The number of carbonyl (C=O) groups excluding carboxylic acids is 2. The molecule has 0 unspecified atom stereocenters. The number of thioether (sulfide) groups is 1. The Balaban J connectivity index is 1.65. The van der Waals surface area contributed by atoms with Crippen LogP contribution in [-0.4, -0.2) is 40.7 Å². The van der Waals surface area contributed by atoms with Gasteiger partial charge in [-0.1, -0.05) is 37.5 Å². The van der Waals surface area contributed by atoms with Crippen molar-refractivity contribution in [2.24, 2.45) is 0 Å². The molecule has 2 amide bonds. The van der Waals surface area contributed by atoms with Crippen LogP contribution >= 0.6 is 11.8 Å². The van der Waals surface area contributed by atoms with Gasteiger partial charge >= 0.3 is 0 Å². The van der Waals surface area contributed by atoms with Crippen LogP contribution in [0.4, 0.5) is 5.69 Å². The topological polar surface area (TPSA) is 69.6 Å². The summed E-state index contributed by atoms with van der Waals surface area (Å²) in [5, 5.41) is 12.8. The van der Waals surface area contributed by atoms with Crippen molar-refractivity contribution in [3.05, 3.63) is 53.6 Å². The second-order valence-corrected chi connectivity index (χ2v) is 8.57. The zero-order valence-corrected chi connectivity index (χ0v) is 17.8. The molecule has 1 aliphatic carbocycles. The highest BCUT2D eigenvalue weighted by molar-refractivity contribution is 8.00. The van der Waals surface area contributed by atoms with Crippen LogP contribution in [0.1, 0.15) is 48.0 Å². The minimum absolute atomic E-state index is 0.0350. The fourth-order valence-corrected chi connectivity index (χ4v) is 4.60. The Hall–Kier alpha value is -2.47. The molecule has 1 fully saturated rings. The number of phenolic OH excluding ortho intramolecular Hbond substituents is 1. The van der Waals surface area contributed by atoms with Crippen molar-refractivity contribution in [3.63, 3.8) is 0 Å². The Morgan fingerprint density at radius 3 is 2.59 bits per heavy atom. The van der Waals surface area contributed by atoms with Crippen LogP contribution in [0.3, 0.4) is 0 Å². The number of benzene rings is 2. The first kappa shape index (κ1) is 21.2. The molecule has 0 saturated heterocycles. The first-order chi connectivity index (χ1) is 14.0. The minimum Gasteiger partial charge on any atom is -0.506 e. The molecule has 0 radical (unpaired) electrons. The number of phenols is 1. The van der Waals surface area contributed by atoms with E-state index in [9.17, 15) is 14.7 Å². The molecule has 3 rings (SSSR count). The van der Waals surface area contributed by atoms with Crippen molar-refractivity contribution < 1.29 is 14.7 Å². The average molecular weight is 413 g/mol. The van der Waals surface area contributed by atoms with Gasteiger partial charge in [0.05, 0.1) is 17.0 Å². The maximum atomic E-state index is 12.8. The van der Waals surface area contributed by atoms with E-state index in [0.29, 0.717) is 23.0 Å². The molecule has 0 heterocycles. The molecule has 5 nitrogen and oxygen atoms in total. The maximum Gasteiger partial charge on any atom is 0.256 e. The van der Waals surface area contributed by atoms with E-state index in [4.69, 9.17) is 0 Å². The number of aryl methyl sites for hydroxylation is 1. The average Bonchev–Trinajstić information content (AvgIpc) is 2.74. The quantitative estimate of drug-likeness (QED) is 0.526. The van der Waals surface area contributed by atoms with Crippen molar-refractivity contribution >= 4 is 29.3 Å². The third-order valence-corrected chi connectivity index (χ3v) is 6.46. The van der Waals surface area contributed by atoms with Crippen molar-refractivity contribution in [1.29, 1.82) is 0 Å². The normalized spacial score (nSPS) is 14.4. The SMILES string of the molecule is Cc1ccc(NC(=O)c2ccccc2SCC(=O)N(C)C2CCCCC2)c(O)c1. The predicted octanol–water partition coefficient (Wildman–Crippen LogP) is 4.84. The summed E-state index contributed by atoms with van der Waals surface area (Å²) in [4.78, 5) is 28.0. The number of rotatable bonds is 6. The first-order valence-electron chi connectivity index (χ1n) is 10.0. The number of carbonyl (C=O) groups is 2. The Kier molecular flexibility index (Phi) is 7.20. The van der Waals surface area contributed by atoms with Crippen LogP contribution in [0.5, 0.6) is 5.75 Å². The third-order valence-electron chi connectivity index (χ3n) is 5.40. The van der Waals surface area contributed by atoms with E-state index in [2.05, 4.69) is 5.32 Å². The van der Waals surface area contributed by atoms with Gasteiger partial charge in [-0.2, -0.15) is 0 Å². The fraction of sp³-hybridized carbons (Fsp3) is 0.391. The Morgan fingerprint density at radius 2 is 1.86 bits per heavy atom. The Morgan fingerprint density at radius 1 is 1.14 bits per heavy atom. The van der Waals surface area contributed by atoms with Crippen molar-refractivity contribution in [1.82, 2.24) is 4.90 Å². The second-order valence-electron chi connectivity index (χ2n) is 7.56. The van der Waals surface area contributed by atoms with Crippen molar-refractivity contribution in [3.8, 4) is 5.75 Å². The third kappa shape index (κ3) is 5.54. The Labute approximate surface area is 176 Å². The maximum absolute atomic E-state index is 12.8. The lowest BCUT2D eigenvalue weighted by Gasteiger charge is -2.31. The van der Waals surface area contributed by atoms with Gasteiger partial charge in [-0.3, -0.25) is 9.59 Å². The molecule has 2 aromatic rings. The van der Waals surface area contributed by atoms with E-state index in [1.165, 1.54) is 31.0 Å². The highest BCUT2D eigenvalue weighted by atomic mass is 32.2. The van der Waals surface area contributed by atoms with Gasteiger partial charge in [-0.15, -0.1) is 11.8 Å². The molecule has 0 spiro atoms. The van der Waals surface area contributed by atoms with Gasteiger partial charge in [0.1, 0.15) is 5.75 Å². The zero-order chi connectivity index (χ0) is 20.8. The Bertz CT molecular complexity index is 878. The number of hydrogen-bond donors (Lipinski definition) is 2. The van der Waals surface area contributed by atoms with Gasteiger partial charge in [0.2, 0.25) is 5.91 Å². The lowest BCUT2D eigenvalue weighted by Crippen LogP contribution is -2.39. The van der Waals surface area contributed by atoms with E-state index in [0.717, 1.165) is 23.3 Å². The number of aromatic hydroxyl groups is 1. The molecule has 1 saturated carbocycles. The predicted molar refractivity (Wildman–Crippen MR) is 118 cm³/mol. The van der Waals surface area contributed by atoms with Crippen LogP contribution < -0.4 is 5.32 Å². The highest BCUT2D eigenvalue weighted by Crippen LogP contribution is 2.28. The van der Waals surface area contributed by atoms with E-state index in [1.807, 2.05) is 37.1 Å². The summed E-state index contributed by atoms with van der Waals surface area (Å²) in [6, 6.07) is 12.7. The molecule has 0 bridgehead atoms. The fourth-order valence-electron chi connectivity index (χ4n) is 3.63. The van der Waals surface area contributed by atoms with Gasteiger partial charge in [-0.25, -0.2) is 0 Å². The van der Waals surface area contributed by atoms with Gasteiger partial charge in [0.15, 0.2) is 0 Å². The first-order valence-corrected chi connectivity index (χ1v) is 11.0. The smallest absolute Gasteiger partial charge is 0.256 e. The summed E-state index contributed by atoms with van der Waals surface area (Å²) >= 11 is 1.38. The molecule has 2 N–H and O–H groups in total. The number of nitrogens with one attached hydrogen (secondary N) is 1. The molecule has 1 aliphatic rings. The van der Waals surface area contributed by atoms with E-state index < -0.39 is 0 Å². The van der Waals surface area contributed by atoms with Crippen LogP contribution in [0.25, 0.3) is 0 Å². The van der Waals surface area contributed by atoms with Gasteiger partial charge < -0.3 is 15.3 Å². The van der Waals surface area contributed by atoms with Crippen LogP contribution in [-0.2, 0) is 4.79 Å². The molecule has 154 valence electrons. The second kappa shape index (κ2) is 9.83. The monoisotopic (exact) mass is 412 g/mol. The molecular weight excluding hydrogens is 384 g/mol. The van der Waals surface area contributed by atoms with Gasteiger partial charge in [0.25, 0.3) is 5.91 Å². The van der Waals surface area contributed by atoms with Crippen LogP contribution in [0.2, 0.25) is 0 Å². The summed E-state index contributed by atoms with van der Waals surface area (Å²) < 4.78 is 0. The molecular formula is C23H28N2O3S. The van der Waals surface area contributed by atoms with Crippen molar-refractivity contribution in [2.75, 3.05) is 18.1 Å². The highest BCUT2D eigenvalue weighted by Gasteiger charge is 2.22. The number of hydrogen-bond acceptors (Lipinski definition) is 4. The number of amides is 2. The lowest BCUT2D eigenvalue weighted by atomic mass is 9.94. The number of nitrogens with zero attached hydrogens (tertiary/aromatic N) is 1. The molecule has 0 aliphatic heterocycles. The van der Waals surface area contributed by atoms with Gasteiger partial charge in [0, 0.05) is 18.0 Å². The largest absolute Gasteiger partial charge is 0.506 e. The van der Waals surface area contributed by atoms with E-state index >= 15 is 0 Å². The molecule has 0 aromatic heterocycles. The zero-order valence-electron chi connectivity index (χ0n) is 17.0. The van der Waals surface area contributed by atoms with Gasteiger partial charge in [-0.05, 0) is 49.6 Å². The van der Waals surface area contributed by atoms with E-state index in [-0.39, 0.29) is 17.6 Å². The summed E-state index contributed by atoms with van der Waals surface area (Å²) in [6.07, 6.45) is 5.78. The minimum atomic E-state index is -0.305. The number of anilines is 1. The summed E-state index contributed by atoms with van der Waals surface area (Å²) in [7, 11) is 1.89. The summed E-state index contributed by atoms with van der Waals surface area (Å²) in [5.41, 5.74) is 1.77. The van der Waals surface area contributed by atoms with E-state index in [1.54, 1.807) is 24.3 Å². The molecule has 0 atom stereocenters. The lowest BCUT2D eigenvalue weighted by molar-refractivity contribution is -0.129. The van der Waals surface area contributed by atoms with Crippen LogP contribution in [0, 0.1) is 6.92 Å². The molecule has 6 heteroatoms.